The summed E-state index contributed by atoms with van der Waals surface area (Å²) in [7, 11) is 3.19. The number of nitrogens with one attached hydrogen (secondary N) is 1. The largest absolute Gasteiger partial charge is 0.493 e. The van der Waals surface area contributed by atoms with Gasteiger partial charge in [0, 0.05) is 18.5 Å². The number of hydrogen-bond acceptors (Lipinski definition) is 4. The van der Waals surface area contributed by atoms with Crippen LogP contribution in [0.25, 0.3) is 0 Å². The summed E-state index contributed by atoms with van der Waals surface area (Å²) >= 11 is 0. The van der Waals surface area contributed by atoms with Gasteiger partial charge in [-0.3, -0.25) is 9.59 Å². The minimum Gasteiger partial charge on any atom is -0.493 e. The standard InChI is InChI=1S/C27H38N2O4/c1-8-22(26(31)28-27(3,4)5)29(18-21-11-9-19(2)10-12-21)25(30)16-14-20-13-15-23(32-6)24(17-20)33-7/h9-13,15,17,22H,8,14,16,18H2,1-7H3,(H,28,31)/t22-/m0/s1. The molecule has 2 rings (SSSR count). The molecular formula is C27H38N2O4. The fourth-order valence-corrected chi connectivity index (χ4v) is 3.69. The molecule has 1 N–H and O–H groups in total. The molecule has 0 aliphatic rings. The van der Waals surface area contributed by atoms with Crippen LogP contribution in [0, 0.1) is 6.92 Å². The number of methoxy groups -OCH3 is 2. The average molecular weight is 455 g/mol. The van der Waals surface area contributed by atoms with Crippen LogP contribution in [0.3, 0.4) is 0 Å². The molecule has 180 valence electrons. The number of rotatable bonds is 10. The molecule has 0 aliphatic heterocycles. The Labute approximate surface area is 198 Å². The molecule has 0 heterocycles. The van der Waals surface area contributed by atoms with Crippen LogP contribution in [0.15, 0.2) is 42.5 Å². The van der Waals surface area contributed by atoms with Crippen LogP contribution >= 0.6 is 0 Å². The minimum atomic E-state index is -0.538. The highest BCUT2D eigenvalue weighted by atomic mass is 16.5. The van der Waals surface area contributed by atoms with Gasteiger partial charge in [-0.15, -0.1) is 0 Å². The van der Waals surface area contributed by atoms with Crippen molar-refractivity contribution in [1.29, 1.82) is 0 Å². The molecule has 6 heteroatoms. The SMILES string of the molecule is CC[C@@H](C(=O)NC(C)(C)C)N(Cc1ccc(C)cc1)C(=O)CCc1ccc(OC)c(OC)c1. The highest BCUT2D eigenvalue weighted by Gasteiger charge is 2.30. The van der Waals surface area contributed by atoms with Crippen molar-refractivity contribution in [2.24, 2.45) is 0 Å². The van der Waals surface area contributed by atoms with Crippen LogP contribution in [0.5, 0.6) is 11.5 Å². The Morgan fingerprint density at radius 3 is 2.12 bits per heavy atom. The zero-order chi connectivity index (χ0) is 24.6. The Kier molecular flexibility index (Phi) is 9.32. The van der Waals surface area contributed by atoms with Crippen molar-refractivity contribution < 1.29 is 19.1 Å². The maximum absolute atomic E-state index is 13.4. The van der Waals surface area contributed by atoms with E-state index in [1.165, 1.54) is 0 Å². The van der Waals surface area contributed by atoms with E-state index >= 15 is 0 Å². The van der Waals surface area contributed by atoms with Crippen molar-refractivity contribution in [1.82, 2.24) is 10.2 Å². The van der Waals surface area contributed by atoms with Crippen LogP contribution in [0.4, 0.5) is 0 Å². The molecule has 33 heavy (non-hydrogen) atoms. The third-order valence-corrected chi connectivity index (χ3v) is 5.43. The highest BCUT2D eigenvalue weighted by Crippen LogP contribution is 2.28. The molecular weight excluding hydrogens is 416 g/mol. The van der Waals surface area contributed by atoms with Crippen LogP contribution in [0.1, 0.15) is 57.2 Å². The number of nitrogens with zero attached hydrogens (tertiary/aromatic N) is 1. The smallest absolute Gasteiger partial charge is 0.243 e. The number of amides is 2. The van der Waals surface area contributed by atoms with Gasteiger partial charge in [0.25, 0.3) is 0 Å². The number of carbonyl (C=O) groups is 2. The number of ether oxygens (including phenoxy) is 2. The number of aryl methyl sites for hydroxylation is 2. The first-order valence-electron chi connectivity index (χ1n) is 11.5. The predicted molar refractivity (Wildman–Crippen MR) is 132 cm³/mol. The van der Waals surface area contributed by atoms with E-state index in [1.54, 1.807) is 19.1 Å². The number of carbonyl (C=O) groups excluding carboxylic acids is 2. The molecule has 0 aromatic heterocycles. The summed E-state index contributed by atoms with van der Waals surface area (Å²) in [5.41, 5.74) is 2.76. The molecule has 0 saturated heterocycles. The van der Waals surface area contributed by atoms with E-state index < -0.39 is 6.04 Å². The van der Waals surface area contributed by atoms with E-state index in [2.05, 4.69) is 5.32 Å². The van der Waals surface area contributed by atoms with E-state index in [9.17, 15) is 9.59 Å². The molecule has 0 spiro atoms. The lowest BCUT2D eigenvalue weighted by atomic mass is 10.0. The van der Waals surface area contributed by atoms with Gasteiger partial charge in [0.2, 0.25) is 11.8 Å². The van der Waals surface area contributed by atoms with Gasteiger partial charge in [0.05, 0.1) is 14.2 Å². The molecule has 2 aromatic rings. The summed E-state index contributed by atoms with van der Waals surface area (Å²) in [5.74, 6) is 1.10. The lowest BCUT2D eigenvalue weighted by Crippen LogP contribution is -2.53. The lowest BCUT2D eigenvalue weighted by molar-refractivity contribution is -0.142. The summed E-state index contributed by atoms with van der Waals surface area (Å²) in [6, 6.07) is 13.2. The molecule has 0 radical (unpaired) electrons. The maximum Gasteiger partial charge on any atom is 0.243 e. The molecule has 2 aromatic carbocycles. The fourth-order valence-electron chi connectivity index (χ4n) is 3.69. The van der Waals surface area contributed by atoms with Gasteiger partial charge in [0.1, 0.15) is 6.04 Å². The zero-order valence-electron chi connectivity index (χ0n) is 21.0. The normalized spacial score (nSPS) is 12.1. The van der Waals surface area contributed by atoms with Crippen LogP contribution < -0.4 is 14.8 Å². The topological polar surface area (TPSA) is 67.9 Å². The van der Waals surface area contributed by atoms with Crippen molar-refractivity contribution >= 4 is 11.8 Å². The van der Waals surface area contributed by atoms with Gasteiger partial charge in [-0.25, -0.2) is 0 Å². The second kappa shape index (κ2) is 11.7. The average Bonchev–Trinajstić information content (AvgIpc) is 2.77. The Bertz CT molecular complexity index is 932. The van der Waals surface area contributed by atoms with Gasteiger partial charge in [-0.1, -0.05) is 42.8 Å². The lowest BCUT2D eigenvalue weighted by Gasteiger charge is -2.33. The van der Waals surface area contributed by atoms with Gasteiger partial charge >= 0.3 is 0 Å². The molecule has 0 fully saturated rings. The van der Waals surface area contributed by atoms with E-state index in [1.807, 2.05) is 77.1 Å². The van der Waals surface area contributed by atoms with Crippen LogP contribution in [-0.4, -0.2) is 42.5 Å². The number of benzene rings is 2. The Hall–Kier alpha value is -3.02. The van der Waals surface area contributed by atoms with Gasteiger partial charge in [-0.2, -0.15) is 0 Å². The Morgan fingerprint density at radius 2 is 1.58 bits per heavy atom. The number of hydrogen-bond donors (Lipinski definition) is 1. The first-order chi connectivity index (χ1) is 15.6. The molecule has 0 aliphatic carbocycles. The monoisotopic (exact) mass is 454 g/mol. The molecule has 0 saturated carbocycles. The minimum absolute atomic E-state index is 0.0544. The van der Waals surface area contributed by atoms with Crippen molar-refractivity contribution in [2.75, 3.05) is 14.2 Å². The van der Waals surface area contributed by atoms with E-state index in [4.69, 9.17) is 9.47 Å². The molecule has 0 unspecified atom stereocenters. The summed E-state index contributed by atoms with van der Waals surface area (Å²) in [6.07, 6.45) is 1.37. The van der Waals surface area contributed by atoms with E-state index in [-0.39, 0.29) is 17.4 Å². The molecule has 6 nitrogen and oxygen atoms in total. The Balaban J connectivity index is 2.24. The maximum atomic E-state index is 13.4. The molecule has 1 atom stereocenters. The van der Waals surface area contributed by atoms with Crippen molar-refractivity contribution in [3.8, 4) is 11.5 Å². The van der Waals surface area contributed by atoms with Crippen molar-refractivity contribution in [2.45, 2.75) is 72.0 Å². The summed E-state index contributed by atoms with van der Waals surface area (Å²) in [4.78, 5) is 28.2. The second-order valence-corrected chi connectivity index (χ2v) is 9.36. The second-order valence-electron chi connectivity index (χ2n) is 9.36. The van der Waals surface area contributed by atoms with Gasteiger partial charge in [-0.05, 0) is 63.8 Å². The summed E-state index contributed by atoms with van der Waals surface area (Å²) in [5, 5.41) is 3.04. The summed E-state index contributed by atoms with van der Waals surface area (Å²) < 4.78 is 10.7. The van der Waals surface area contributed by atoms with Crippen LogP contribution in [-0.2, 0) is 22.6 Å². The van der Waals surface area contributed by atoms with Crippen molar-refractivity contribution in [3.63, 3.8) is 0 Å². The third-order valence-electron chi connectivity index (χ3n) is 5.43. The predicted octanol–water partition coefficient (Wildman–Crippen LogP) is 4.67. The first kappa shape index (κ1) is 26.2. The quantitative estimate of drug-likeness (QED) is 0.567. The van der Waals surface area contributed by atoms with Crippen molar-refractivity contribution in [3.05, 3.63) is 59.2 Å². The van der Waals surface area contributed by atoms with Crippen LogP contribution in [0.2, 0.25) is 0 Å². The third kappa shape index (κ3) is 7.81. The van der Waals surface area contributed by atoms with Gasteiger partial charge < -0.3 is 19.7 Å². The van der Waals surface area contributed by atoms with Gasteiger partial charge in [0.15, 0.2) is 11.5 Å². The zero-order valence-corrected chi connectivity index (χ0v) is 21.0. The fraction of sp³-hybridized carbons (Fsp3) is 0.481. The molecule has 0 bridgehead atoms. The summed E-state index contributed by atoms with van der Waals surface area (Å²) in [6.45, 7) is 10.2. The first-order valence-corrected chi connectivity index (χ1v) is 11.5. The Morgan fingerprint density at radius 1 is 0.970 bits per heavy atom. The van der Waals surface area contributed by atoms with E-state index in [0.29, 0.717) is 37.3 Å². The molecule has 2 amide bonds. The van der Waals surface area contributed by atoms with E-state index in [0.717, 1.165) is 16.7 Å². The highest BCUT2D eigenvalue weighted by molar-refractivity contribution is 5.88.